The van der Waals surface area contributed by atoms with Crippen LogP contribution in [0.3, 0.4) is 0 Å². The van der Waals surface area contributed by atoms with Crippen LogP contribution < -0.4 is 10.6 Å². The van der Waals surface area contributed by atoms with Gasteiger partial charge in [0.25, 0.3) is 0 Å². The molecule has 1 aliphatic heterocycles. The number of aliphatic hydroxyl groups is 3. The Labute approximate surface area is 230 Å². The fourth-order valence-electron chi connectivity index (χ4n) is 4.80. The first kappa shape index (κ1) is 27.8. The van der Waals surface area contributed by atoms with Crippen LogP contribution in [0.1, 0.15) is 13.0 Å². The Morgan fingerprint density at radius 3 is 2.45 bits per heavy atom. The lowest BCUT2D eigenvalue weighted by Gasteiger charge is -2.42. The molecule has 1 fully saturated rings. The molecule has 4 aromatic rings. The summed E-state index contributed by atoms with van der Waals surface area (Å²) in [5.74, 6) is -0.412. The second-order valence-corrected chi connectivity index (χ2v) is 9.64. The molecule has 0 unspecified atom stereocenters. The van der Waals surface area contributed by atoms with E-state index >= 15 is 0 Å². The van der Waals surface area contributed by atoms with Gasteiger partial charge in [0.05, 0.1) is 31.6 Å². The molecule has 3 heterocycles. The molecule has 0 radical (unpaired) electrons. The van der Waals surface area contributed by atoms with Gasteiger partial charge in [-0.3, -0.25) is 4.68 Å². The second kappa shape index (κ2) is 12.6. The smallest absolute Gasteiger partial charge is 0.123 e. The van der Waals surface area contributed by atoms with Crippen molar-refractivity contribution >= 4 is 5.69 Å². The van der Waals surface area contributed by atoms with Crippen molar-refractivity contribution in [2.24, 2.45) is 0 Å². The van der Waals surface area contributed by atoms with Gasteiger partial charge in [0.15, 0.2) is 0 Å². The molecule has 2 aromatic heterocycles. The maximum absolute atomic E-state index is 13.7. The molecule has 0 spiro atoms. The van der Waals surface area contributed by atoms with Gasteiger partial charge in [-0.1, -0.05) is 34.7 Å². The van der Waals surface area contributed by atoms with Crippen LogP contribution in [0.4, 0.5) is 10.1 Å². The van der Waals surface area contributed by atoms with Crippen LogP contribution in [0.5, 0.6) is 0 Å². The number of aromatic nitrogens is 6. The van der Waals surface area contributed by atoms with E-state index in [1.807, 2.05) is 37.4 Å². The molecule has 5 atom stereocenters. The Balaban J connectivity index is 1.18. The number of nitrogens with zero attached hydrogens (tertiary/aromatic N) is 6. The van der Waals surface area contributed by atoms with E-state index in [-0.39, 0.29) is 6.54 Å². The third kappa shape index (κ3) is 6.18. The van der Waals surface area contributed by atoms with E-state index < -0.39 is 42.9 Å². The molecule has 0 bridgehead atoms. The van der Waals surface area contributed by atoms with Crippen molar-refractivity contribution in [2.45, 2.75) is 43.9 Å². The van der Waals surface area contributed by atoms with E-state index in [2.05, 4.69) is 31.3 Å². The van der Waals surface area contributed by atoms with Crippen molar-refractivity contribution in [2.75, 3.05) is 31.6 Å². The molecule has 0 amide bonds. The van der Waals surface area contributed by atoms with Crippen LogP contribution in [-0.4, -0.2) is 96.0 Å². The monoisotopic (exact) mass is 552 g/mol. The molecule has 212 valence electrons. The molecule has 1 aliphatic rings. The number of rotatable bonds is 11. The van der Waals surface area contributed by atoms with Crippen molar-refractivity contribution in [3.8, 4) is 22.5 Å². The minimum Gasteiger partial charge on any atom is -0.394 e. The van der Waals surface area contributed by atoms with Crippen LogP contribution in [0, 0.1) is 5.82 Å². The number of hydrogen-bond acceptors (Lipinski definition) is 10. The topological polar surface area (TPSA) is 155 Å². The summed E-state index contributed by atoms with van der Waals surface area (Å²) in [6.45, 7) is 3.75. The lowest BCUT2D eigenvalue weighted by atomic mass is 9.92. The highest BCUT2D eigenvalue weighted by Crippen LogP contribution is 2.31. The van der Waals surface area contributed by atoms with Gasteiger partial charge in [0, 0.05) is 36.4 Å². The Kier molecular flexibility index (Phi) is 8.77. The van der Waals surface area contributed by atoms with Gasteiger partial charge in [0.1, 0.15) is 41.6 Å². The highest BCUT2D eigenvalue weighted by Gasteiger charge is 2.45. The number of anilines is 1. The van der Waals surface area contributed by atoms with Gasteiger partial charge in [0.2, 0.25) is 0 Å². The standard InChI is InChI=1S/C27H33FN8O4/c1-2-30-20-8-6-17(7-9-20)21-14-35(33-31-21)11-10-29-13-23-26(38)25(27(39)24(16-37)40-23)36-15-22(32-34-36)18-4-3-5-19(28)12-18/h3-9,12,14-15,23-27,29-30,37-39H,2,10-11,13,16H2,1H3/t23-,24+,25+,26-,27-/m0/s1. The van der Waals surface area contributed by atoms with Gasteiger partial charge in [-0.25, -0.2) is 9.07 Å². The molecule has 0 aliphatic carbocycles. The van der Waals surface area contributed by atoms with Crippen LogP contribution in [0.2, 0.25) is 0 Å². The summed E-state index contributed by atoms with van der Waals surface area (Å²) in [6.07, 6.45) is -0.668. The third-order valence-electron chi connectivity index (χ3n) is 6.89. The summed E-state index contributed by atoms with van der Waals surface area (Å²) in [5, 5.41) is 54.8. The molecular weight excluding hydrogens is 519 g/mol. The maximum atomic E-state index is 13.7. The van der Waals surface area contributed by atoms with Crippen LogP contribution in [-0.2, 0) is 11.3 Å². The largest absolute Gasteiger partial charge is 0.394 e. The zero-order valence-corrected chi connectivity index (χ0v) is 22.0. The van der Waals surface area contributed by atoms with Gasteiger partial charge in [-0.05, 0) is 31.2 Å². The van der Waals surface area contributed by atoms with Crippen molar-refractivity contribution in [3.05, 3.63) is 66.7 Å². The number of ether oxygens (including phenoxy) is 1. The summed E-state index contributed by atoms with van der Waals surface area (Å²) in [5.41, 5.74) is 3.68. The van der Waals surface area contributed by atoms with E-state index in [1.54, 1.807) is 16.8 Å². The number of halogens is 1. The number of nitrogens with one attached hydrogen (secondary N) is 2. The van der Waals surface area contributed by atoms with Gasteiger partial charge < -0.3 is 30.7 Å². The average molecular weight is 553 g/mol. The summed E-state index contributed by atoms with van der Waals surface area (Å²) in [6, 6.07) is 13.0. The highest BCUT2D eigenvalue weighted by molar-refractivity contribution is 5.61. The minimum absolute atomic E-state index is 0.250. The zero-order valence-electron chi connectivity index (χ0n) is 22.0. The molecule has 1 saturated heterocycles. The molecule has 40 heavy (non-hydrogen) atoms. The molecule has 5 N–H and O–H groups in total. The van der Waals surface area contributed by atoms with E-state index in [1.165, 1.54) is 23.0 Å². The lowest BCUT2D eigenvalue weighted by Crippen LogP contribution is -2.58. The number of benzene rings is 2. The molecular formula is C27H33FN8O4. The minimum atomic E-state index is -1.24. The van der Waals surface area contributed by atoms with Gasteiger partial charge in [-0.2, -0.15) is 0 Å². The molecule has 5 rings (SSSR count). The summed E-state index contributed by atoms with van der Waals surface area (Å²) < 4.78 is 22.5. The highest BCUT2D eigenvalue weighted by atomic mass is 19.1. The predicted octanol–water partition coefficient (Wildman–Crippen LogP) is 1.09. The average Bonchev–Trinajstić information content (AvgIpc) is 3.63. The normalized spacial score (nSPS) is 22.9. The Morgan fingerprint density at radius 2 is 1.70 bits per heavy atom. The van der Waals surface area contributed by atoms with Gasteiger partial charge in [-0.15, -0.1) is 10.2 Å². The fourth-order valence-corrected chi connectivity index (χ4v) is 4.80. The first-order chi connectivity index (χ1) is 19.5. The quantitative estimate of drug-likeness (QED) is 0.171. The van der Waals surface area contributed by atoms with Crippen LogP contribution in [0.25, 0.3) is 22.5 Å². The van der Waals surface area contributed by atoms with Gasteiger partial charge >= 0.3 is 0 Å². The Morgan fingerprint density at radius 1 is 0.950 bits per heavy atom. The first-order valence-electron chi connectivity index (χ1n) is 13.2. The van der Waals surface area contributed by atoms with Crippen molar-refractivity contribution < 1.29 is 24.4 Å². The summed E-state index contributed by atoms with van der Waals surface area (Å²) >= 11 is 0. The van der Waals surface area contributed by atoms with Crippen LogP contribution in [0.15, 0.2) is 60.9 Å². The second-order valence-electron chi connectivity index (χ2n) is 9.64. The lowest BCUT2D eigenvalue weighted by molar-refractivity contribution is -0.203. The SMILES string of the molecule is CCNc1ccc(-c2cn(CCNC[C@@H]3O[C@H](CO)[C@H](O)[C@H](n4cc(-c5cccc(F)c5)nn4)[C@H]3O)nn2)cc1. The van der Waals surface area contributed by atoms with Crippen molar-refractivity contribution in [1.82, 2.24) is 35.3 Å². The van der Waals surface area contributed by atoms with E-state index in [0.29, 0.717) is 24.3 Å². The fraction of sp³-hybridized carbons (Fsp3) is 0.407. The number of hydrogen-bond donors (Lipinski definition) is 5. The van der Waals surface area contributed by atoms with Crippen molar-refractivity contribution in [1.29, 1.82) is 0 Å². The van der Waals surface area contributed by atoms with E-state index in [9.17, 15) is 19.7 Å². The third-order valence-corrected chi connectivity index (χ3v) is 6.89. The first-order valence-corrected chi connectivity index (χ1v) is 13.2. The molecule has 13 heteroatoms. The molecule has 2 aromatic carbocycles. The predicted molar refractivity (Wildman–Crippen MR) is 145 cm³/mol. The van der Waals surface area contributed by atoms with E-state index in [4.69, 9.17) is 4.74 Å². The summed E-state index contributed by atoms with van der Waals surface area (Å²) in [4.78, 5) is 0. The maximum Gasteiger partial charge on any atom is 0.123 e. The Bertz CT molecular complexity index is 1380. The summed E-state index contributed by atoms with van der Waals surface area (Å²) in [7, 11) is 0. The zero-order chi connectivity index (χ0) is 28.1. The molecule has 0 saturated carbocycles. The van der Waals surface area contributed by atoms with Crippen molar-refractivity contribution in [3.63, 3.8) is 0 Å². The van der Waals surface area contributed by atoms with Crippen LogP contribution >= 0.6 is 0 Å². The molecule has 12 nitrogen and oxygen atoms in total. The number of aliphatic hydroxyl groups excluding tert-OH is 3. The Hall–Kier alpha value is -3.75. The van der Waals surface area contributed by atoms with E-state index in [0.717, 1.165) is 23.5 Å².